The zero-order valence-corrected chi connectivity index (χ0v) is 15.2. The van der Waals surface area contributed by atoms with Crippen LogP contribution in [0.1, 0.15) is 5.76 Å². The Balaban J connectivity index is 1.45. The number of hydrogen-bond donors (Lipinski definition) is 2. The first-order valence-corrected chi connectivity index (χ1v) is 8.93. The van der Waals surface area contributed by atoms with Gasteiger partial charge in [-0.2, -0.15) is 5.10 Å². The molecule has 0 radical (unpaired) electrons. The second-order valence-corrected chi connectivity index (χ2v) is 6.33. The summed E-state index contributed by atoms with van der Waals surface area (Å²) < 4.78 is 5.92. The first-order valence-electron chi connectivity index (χ1n) is 8.53. The first-order chi connectivity index (χ1) is 13.3. The van der Waals surface area contributed by atoms with Gasteiger partial charge in [-0.1, -0.05) is 60.7 Å². The molecular weight excluding hydrogens is 354 g/mol. The van der Waals surface area contributed by atoms with Crippen molar-refractivity contribution in [2.24, 2.45) is 5.10 Å². The van der Waals surface area contributed by atoms with E-state index >= 15 is 0 Å². The van der Waals surface area contributed by atoms with Crippen LogP contribution in [0.4, 0.5) is 5.69 Å². The van der Waals surface area contributed by atoms with Crippen LogP contribution in [0, 0.1) is 0 Å². The van der Waals surface area contributed by atoms with Gasteiger partial charge in [-0.05, 0) is 47.3 Å². The normalized spacial score (nSPS) is 11.0. The molecule has 27 heavy (non-hydrogen) atoms. The SMILES string of the molecule is S=C(N/N=C/c1ccc(-c2cccc3ccccc23)o1)Nc1ccccc1. The summed E-state index contributed by atoms with van der Waals surface area (Å²) in [7, 11) is 0. The van der Waals surface area contributed by atoms with Crippen molar-refractivity contribution in [2.45, 2.75) is 0 Å². The quantitative estimate of drug-likeness (QED) is 0.286. The molecule has 3 aromatic carbocycles. The largest absolute Gasteiger partial charge is 0.455 e. The highest BCUT2D eigenvalue weighted by molar-refractivity contribution is 7.80. The van der Waals surface area contributed by atoms with Crippen molar-refractivity contribution in [3.8, 4) is 11.3 Å². The second kappa shape index (κ2) is 7.85. The van der Waals surface area contributed by atoms with E-state index in [-0.39, 0.29) is 0 Å². The number of nitrogens with one attached hydrogen (secondary N) is 2. The summed E-state index contributed by atoms with van der Waals surface area (Å²) in [5.74, 6) is 1.45. The molecule has 2 N–H and O–H groups in total. The molecule has 0 aliphatic carbocycles. The number of para-hydroxylation sites is 1. The van der Waals surface area contributed by atoms with E-state index < -0.39 is 0 Å². The fraction of sp³-hybridized carbons (Fsp3) is 0. The number of fused-ring (bicyclic) bond motifs is 1. The van der Waals surface area contributed by atoms with Gasteiger partial charge in [0, 0.05) is 11.3 Å². The lowest BCUT2D eigenvalue weighted by molar-refractivity contribution is 0.575. The molecule has 4 rings (SSSR count). The number of rotatable bonds is 4. The van der Waals surface area contributed by atoms with Crippen LogP contribution < -0.4 is 10.7 Å². The zero-order chi connectivity index (χ0) is 18.5. The molecule has 0 spiro atoms. The van der Waals surface area contributed by atoms with E-state index in [0.29, 0.717) is 10.9 Å². The predicted octanol–water partition coefficient (Wildman–Crippen LogP) is 5.42. The first kappa shape index (κ1) is 17.0. The van der Waals surface area contributed by atoms with E-state index in [9.17, 15) is 0 Å². The highest BCUT2D eigenvalue weighted by atomic mass is 32.1. The fourth-order valence-electron chi connectivity index (χ4n) is 2.84. The number of benzene rings is 3. The molecule has 1 aromatic heterocycles. The van der Waals surface area contributed by atoms with E-state index in [2.05, 4.69) is 40.1 Å². The van der Waals surface area contributed by atoms with Crippen LogP contribution in [0.15, 0.2) is 94.4 Å². The minimum Gasteiger partial charge on any atom is -0.455 e. The van der Waals surface area contributed by atoms with Gasteiger partial charge in [0.1, 0.15) is 11.5 Å². The maximum atomic E-state index is 5.92. The Kier molecular flexibility index (Phi) is 4.94. The average Bonchev–Trinajstić information content (AvgIpc) is 3.17. The topological polar surface area (TPSA) is 49.6 Å². The minimum absolute atomic E-state index is 0.415. The Hall–Kier alpha value is -3.44. The Labute approximate surface area is 162 Å². The lowest BCUT2D eigenvalue weighted by Gasteiger charge is -2.05. The Morgan fingerprint density at radius 2 is 1.63 bits per heavy atom. The molecular formula is C22H17N3OS. The van der Waals surface area contributed by atoms with Crippen molar-refractivity contribution < 1.29 is 4.42 Å². The average molecular weight is 371 g/mol. The van der Waals surface area contributed by atoms with Crippen LogP contribution in [-0.2, 0) is 0 Å². The van der Waals surface area contributed by atoms with Gasteiger partial charge in [0.25, 0.3) is 0 Å². The molecule has 0 fully saturated rings. The number of thiocarbonyl (C=S) groups is 1. The van der Waals surface area contributed by atoms with Crippen LogP contribution in [0.5, 0.6) is 0 Å². The number of hydrazone groups is 1. The summed E-state index contributed by atoms with van der Waals surface area (Å²) >= 11 is 5.22. The van der Waals surface area contributed by atoms with Gasteiger partial charge in [-0.15, -0.1) is 0 Å². The minimum atomic E-state index is 0.415. The molecule has 1 heterocycles. The molecule has 0 saturated heterocycles. The van der Waals surface area contributed by atoms with Crippen LogP contribution >= 0.6 is 12.2 Å². The van der Waals surface area contributed by atoms with Gasteiger partial charge in [-0.3, -0.25) is 5.43 Å². The van der Waals surface area contributed by atoms with Crippen LogP contribution in [0.3, 0.4) is 0 Å². The Bertz CT molecular complexity index is 1100. The third-order valence-electron chi connectivity index (χ3n) is 4.07. The molecule has 0 unspecified atom stereocenters. The highest BCUT2D eigenvalue weighted by Crippen LogP contribution is 2.29. The van der Waals surface area contributed by atoms with Crippen LogP contribution in [0.2, 0.25) is 0 Å². The van der Waals surface area contributed by atoms with Gasteiger partial charge in [-0.25, -0.2) is 0 Å². The van der Waals surface area contributed by atoms with Crippen molar-refractivity contribution >= 4 is 40.0 Å². The molecule has 4 nitrogen and oxygen atoms in total. The lowest BCUT2D eigenvalue weighted by atomic mass is 10.0. The van der Waals surface area contributed by atoms with Crippen molar-refractivity contribution in [3.05, 3.63) is 90.7 Å². The molecule has 0 aliphatic rings. The maximum absolute atomic E-state index is 5.92. The standard InChI is InChI=1S/C22H17N3OS/c27-22(24-17-9-2-1-3-10-17)25-23-15-18-13-14-21(26-18)20-12-6-8-16-7-4-5-11-19(16)20/h1-15H,(H2,24,25,27)/b23-15+. The van der Waals surface area contributed by atoms with Crippen LogP contribution in [-0.4, -0.2) is 11.3 Å². The summed E-state index contributed by atoms with van der Waals surface area (Å²) in [4.78, 5) is 0. The number of furan rings is 1. The highest BCUT2D eigenvalue weighted by Gasteiger charge is 2.07. The van der Waals surface area contributed by atoms with Crippen molar-refractivity contribution in [2.75, 3.05) is 5.32 Å². The van der Waals surface area contributed by atoms with Crippen LogP contribution in [0.25, 0.3) is 22.1 Å². The van der Waals surface area contributed by atoms with E-state index in [4.69, 9.17) is 16.6 Å². The molecule has 0 amide bonds. The molecule has 0 atom stereocenters. The lowest BCUT2D eigenvalue weighted by Crippen LogP contribution is -2.23. The molecule has 4 aromatic rings. The van der Waals surface area contributed by atoms with E-state index in [1.54, 1.807) is 6.21 Å². The Morgan fingerprint density at radius 1 is 0.852 bits per heavy atom. The third kappa shape index (κ3) is 4.04. The summed E-state index contributed by atoms with van der Waals surface area (Å²) in [5.41, 5.74) is 4.75. The molecule has 0 bridgehead atoms. The number of nitrogens with zero attached hydrogens (tertiary/aromatic N) is 1. The fourth-order valence-corrected chi connectivity index (χ4v) is 3.01. The van der Waals surface area contributed by atoms with Gasteiger partial charge in [0.15, 0.2) is 5.11 Å². The molecule has 0 saturated carbocycles. The van der Waals surface area contributed by atoms with Gasteiger partial charge in [0.05, 0.1) is 6.21 Å². The monoisotopic (exact) mass is 371 g/mol. The summed E-state index contributed by atoms with van der Waals surface area (Å²) in [6.07, 6.45) is 1.60. The van der Waals surface area contributed by atoms with Crippen molar-refractivity contribution in [3.63, 3.8) is 0 Å². The molecule has 132 valence electrons. The van der Waals surface area contributed by atoms with Gasteiger partial charge < -0.3 is 9.73 Å². The smallest absolute Gasteiger partial charge is 0.191 e. The molecule has 0 aliphatic heterocycles. The van der Waals surface area contributed by atoms with Gasteiger partial charge in [0.2, 0.25) is 0 Å². The van der Waals surface area contributed by atoms with E-state index in [1.807, 2.05) is 60.7 Å². The van der Waals surface area contributed by atoms with Crippen molar-refractivity contribution in [1.82, 2.24) is 5.43 Å². The number of anilines is 1. The zero-order valence-electron chi connectivity index (χ0n) is 14.4. The second-order valence-electron chi connectivity index (χ2n) is 5.92. The molecule has 5 heteroatoms. The summed E-state index contributed by atoms with van der Waals surface area (Å²) in [6, 6.07) is 27.9. The third-order valence-corrected chi connectivity index (χ3v) is 4.26. The summed E-state index contributed by atoms with van der Waals surface area (Å²) in [6.45, 7) is 0. The Morgan fingerprint density at radius 3 is 2.52 bits per heavy atom. The maximum Gasteiger partial charge on any atom is 0.191 e. The van der Waals surface area contributed by atoms with Crippen molar-refractivity contribution in [1.29, 1.82) is 0 Å². The van der Waals surface area contributed by atoms with E-state index in [1.165, 1.54) is 5.39 Å². The number of hydrogen-bond acceptors (Lipinski definition) is 3. The van der Waals surface area contributed by atoms with Gasteiger partial charge >= 0.3 is 0 Å². The van der Waals surface area contributed by atoms with E-state index in [0.717, 1.165) is 22.4 Å². The predicted molar refractivity (Wildman–Crippen MR) is 115 cm³/mol. The summed E-state index contributed by atoms with van der Waals surface area (Å²) in [5, 5.41) is 9.94.